The van der Waals surface area contributed by atoms with Gasteiger partial charge in [-0.25, -0.2) is 0 Å². The third-order valence-electron chi connectivity index (χ3n) is 6.10. The van der Waals surface area contributed by atoms with Gasteiger partial charge < -0.3 is 9.47 Å². The second kappa shape index (κ2) is 8.00. The van der Waals surface area contributed by atoms with Crippen LogP contribution in [0.15, 0.2) is 60.2 Å². The number of hydrogen-bond donors (Lipinski definition) is 0. The van der Waals surface area contributed by atoms with Crippen LogP contribution in [-0.4, -0.2) is 43.8 Å². The quantitative estimate of drug-likeness (QED) is 0.784. The molecule has 0 saturated carbocycles. The fraction of sp³-hybridized carbons (Fsp3) is 0.375. The summed E-state index contributed by atoms with van der Waals surface area (Å²) in [6.45, 7) is 3.72. The van der Waals surface area contributed by atoms with Crippen molar-refractivity contribution in [1.82, 2.24) is 4.90 Å². The van der Waals surface area contributed by atoms with E-state index in [-0.39, 0.29) is 24.0 Å². The van der Waals surface area contributed by atoms with E-state index < -0.39 is 0 Å². The number of likely N-dealkylation sites (tertiary alicyclic amines) is 1. The normalized spacial score (nSPS) is 25.2. The number of methoxy groups -OCH3 is 2. The monoisotopic (exact) mass is 377 g/mol. The molecule has 28 heavy (non-hydrogen) atoms. The largest absolute Gasteiger partial charge is 0.377 e. The Labute approximate surface area is 166 Å². The first-order valence-corrected chi connectivity index (χ1v) is 9.84. The third kappa shape index (κ3) is 3.22. The molecular formula is C24H27NO3. The molecule has 3 atom stereocenters. The lowest BCUT2D eigenvalue weighted by Crippen LogP contribution is -2.54. The Kier molecular flexibility index (Phi) is 5.44. The van der Waals surface area contributed by atoms with E-state index in [1.165, 1.54) is 5.56 Å². The van der Waals surface area contributed by atoms with Gasteiger partial charge in [0, 0.05) is 44.4 Å². The second-order valence-electron chi connectivity index (χ2n) is 7.59. The number of carbonyl (C=O) groups is 1. The van der Waals surface area contributed by atoms with Crippen LogP contribution >= 0.6 is 0 Å². The van der Waals surface area contributed by atoms with Crippen molar-refractivity contribution in [2.75, 3.05) is 20.8 Å². The highest BCUT2D eigenvalue weighted by Gasteiger charge is 2.44. The number of ether oxygens (including phenoxy) is 2. The molecule has 1 aliphatic carbocycles. The molecule has 1 aliphatic heterocycles. The fourth-order valence-electron chi connectivity index (χ4n) is 4.78. The van der Waals surface area contributed by atoms with E-state index in [1.54, 1.807) is 14.2 Å². The number of rotatable bonds is 5. The maximum absolute atomic E-state index is 13.2. The summed E-state index contributed by atoms with van der Waals surface area (Å²) in [5.74, 6) is 0.174. The molecule has 4 nitrogen and oxygen atoms in total. The number of carbonyl (C=O) groups excluding carboxylic acids is 1. The minimum absolute atomic E-state index is 0.0295. The molecule has 1 fully saturated rings. The summed E-state index contributed by atoms with van der Waals surface area (Å²) >= 11 is 0. The molecule has 1 saturated heterocycles. The van der Waals surface area contributed by atoms with Gasteiger partial charge in [0.1, 0.15) is 12.3 Å². The van der Waals surface area contributed by atoms with Crippen LogP contribution in [0.3, 0.4) is 0 Å². The van der Waals surface area contributed by atoms with Crippen molar-refractivity contribution in [3.05, 3.63) is 76.9 Å². The van der Waals surface area contributed by atoms with E-state index in [9.17, 15) is 4.79 Å². The van der Waals surface area contributed by atoms with Crippen molar-refractivity contribution in [1.29, 1.82) is 0 Å². The molecule has 4 rings (SSSR count). The summed E-state index contributed by atoms with van der Waals surface area (Å²) in [6, 6.07) is 18.3. The average Bonchev–Trinajstić information content (AvgIpc) is 2.99. The zero-order valence-electron chi connectivity index (χ0n) is 16.7. The Balaban J connectivity index is 1.62. The number of allylic oxidation sites excluding steroid dienone is 1. The topological polar surface area (TPSA) is 38.8 Å². The van der Waals surface area contributed by atoms with Gasteiger partial charge in [0.25, 0.3) is 0 Å². The molecule has 2 aromatic carbocycles. The van der Waals surface area contributed by atoms with E-state index in [0.29, 0.717) is 0 Å². The van der Waals surface area contributed by atoms with Crippen LogP contribution < -0.4 is 0 Å². The van der Waals surface area contributed by atoms with Crippen molar-refractivity contribution in [3.8, 4) is 0 Å². The van der Waals surface area contributed by atoms with Crippen LogP contribution in [0.2, 0.25) is 0 Å². The van der Waals surface area contributed by atoms with Crippen LogP contribution in [0.1, 0.15) is 34.8 Å². The summed E-state index contributed by atoms with van der Waals surface area (Å²) in [5.41, 5.74) is 5.09. The molecule has 0 bridgehead atoms. The first kappa shape index (κ1) is 19.1. The lowest BCUT2D eigenvalue weighted by atomic mass is 9.82. The predicted molar refractivity (Wildman–Crippen MR) is 110 cm³/mol. The number of fused-ring (bicyclic) bond motifs is 1. The first-order chi connectivity index (χ1) is 13.7. The van der Waals surface area contributed by atoms with Crippen LogP contribution in [0.5, 0.6) is 0 Å². The highest BCUT2D eigenvalue weighted by molar-refractivity contribution is 6.20. The summed E-state index contributed by atoms with van der Waals surface area (Å²) in [6.07, 6.45) is 0.490. The van der Waals surface area contributed by atoms with Crippen LogP contribution in [0.25, 0.3) is 5.57 Å². The Morgan fingerprint density at radius 2 is 1.64 bits per heavy atom. The molecule has 0 amide bonds. The first-order valence-electron chi connectivity index (χ1n) is 9.84. The standard InChI is InChI=1S/C24H27NO3/c1-16-18-11-7-8-12-19(18)22(26)21(16)20-13-14-25(24(28-3)23(20)27-2)15-17-9-5-4-6-10-17/h4-12,20,23-24H,13-15H2,1-3H3. The zero-order chi connectivity index (χ0) is 19.7. The molecular weight excluding hydrogens is 350 g/mol. The molecule has 3 unspecified atom stereocenters. The highest BCUT2D eigenvalue weighted by atomic mass is 16.5. The van der Waals surface area contributed by atoms with Gasteiger partial charge in [-0.1, -0.05) is 54.6 Å². The molecule has 146 valence electrons. The maximum Gasteiger partial charge on any atom is 0.190 e. The minimum Gasteiger partial charge on any atom is -0.377 e. The zero-order valence-corrected chi connectivity index (χ0v) is 16.7. The van der Waals surface area contributed by atoms with Crippen LogP contribution in [0.4, 0.5) is 0 Å². The van der Waals surface area contributed by atoms with Crippen LogP contribution in [0, 0.1) is 5.92 Å². The third-order valence-corrected chi connectivity index (χ3v) is 6.10. The summed E-state index contributed by atoms with van der Waals surface area (Å²) in [7, 11) is 3.45. The van der Waals surface area contributed by atoms with Crippen LogP contribution in [-0.2, 0) is 16.0 Å². The summed E-state index contributed by atoms with van der Waals surface area (Å²) in [4.78, 5) is 15.5. The number of piperidine rings is 1. The summed E-state index contributed by atoms with van der Waals surface area (Å²) < 4.78 is 11.8. The molecule has 0 radical (unpaired) electrons. The molecule has 0 aromatic heterocycles. The Bertz CT molecular complexity index is 890. The van der Waals surface area contributed by atoms with Gasteiger partial charge in [-0.15, -0.1) is 0 Å². The van der Waals surface area contributed by atoms with E-state index in [2.05, 4.69) is 36.1 Å². The lowest BCUT2D eigenvalue weighted by Gasteiger charge is -2.44. The van der Waals surface area contributed by atoms with Gasteiger partial charge >= 0.3 is 0 Å². The minimum atomic E-state index is -0.194. The van der Waals surface area contributed by atoms with Crippen molar-refractivity contribution in [3.63, 3.8) is 0 Å². The van der Waals surface area contributed by atoms with Crippen molar-refractivity contribution in [2.45, 2.75) is 32.2 Å². The number of Topliss-reactive ketones (excluding diaryl/α,β-unsaturated/α-hetero) is 1. The molecule has 0 spiro atoms. The number of hydrogen-bond acceptors (Lipinski definition) is 4. The number of ketones is 1. The van der Waals surface area contributed by atoms with E-state index in [4.69, 9.17) is 9.47 Å². The van der Waals surface area contributed by atoms with Gasteiger partial charge in [-0.05, 0) is 30.0 Å². The number of nitrogens with zero attached hydrogens (tertiary/aromatic N) is 1. The molecule has 1 heterocycles. The summed E-state index contributed by atoms with van der Waals surface area (Å²) in [5, 5.41) is 0. The van der Waals surface area contributed by atoms with Gasteiger partial charge in [0.15, 0.2) is 5.78 Å². The van der Waals surface area contributed by atoms with Gasteiger partial charge in [0.2, 0.25) is 0 Å². The molecule has 2 aliphatic rings. The Morgan fingerprint density at radius 3 is 2.29 bits per heavy atom. The highest BCUT2D eigenvalue weighted by Crippen LogP contribution is 2.42. The lowest BCUT2D eigenvalue weighted by molar-refractivity contribution is -0.158. The van der Waals surface area contributed by atoms with Crippen molar-refractivity contribution in [2.24, 2.45) is 5.92 Å². The smallest absolute Gasteiger partial charge is 0.190 e. The fourth-order valence-corrected chi connectivity index (χ4v) is 4.78. The van der Waals surface area contributed by atoms with Gasteiger partial charge in [-0.3, -0.25) is 9.69 Å². The Hall–Kier alpha value is -2.27. The molecule has 2 aromatic rings. The second-order valence-corrected chi connectivity index (χ2v) is 7.59. The van der Waals surface area contributed by atoms with Crippen molar-refractivity contribution < 1.29 is 14.3 Å². The predicted octanol–water partition coefficient (Wildman–Crippen LogP) is 4.17. The van der Waals surface area contributed by atoms with E-state index in [1.807, 2.05) is 30.3 Å². The SMILES string of the molecule is COC1C(C2=C(C)c3ccccc3C2=O)CCN(Cc2ccccc2)C1OC. The maximum atomic E-state index is 13.2. The molecule has 0 N–H and O–H groups in total. The molecule has 4 heteroatoms. The van der Waals surface area contributed by atoms with Gasteiger partial charge in [0.05, 0.1) is 0 Å². The van der Waals surface area contributed by atoms with E-state index in [0.717, 1.165) is 41.8 Å². The average molecular weight is 377 g/mol. The van der Waals surface area contributed by atoms with Gasteiger partial charge in [-0.2, -0.15) is 0 Å². The van der Waals surface area contributed by atoms with Crippen molar-refractivity contribution >= 4 is 11.4 Å². The number of benzene rings is 2. The Morgan fingerprint density at radius 1 is 0.964 bits per heavy atom. The van der Waals surface area contributed by atoms with E-state index >= 15 is 0 Å².